The van der Waals surface area contributed by atoms with Gasteiger partial charge in [-0.25, -0.2) is 9.78 Å². The van der Waals surface area contributed by atoms with Crippen LogP contribution in [0.3, 0.4) is 0 Å². The molecule has 21 heavy (non-hydrogen) atoms. The molecular weight excluding hydrogens is 268 g/mol. The highest BCUT2D eigenvalue weighted by Gasteiger charge is 2.21. The number of aromatic nitrogens is 2. The first kappa shape index (κ1) is 13.9. The molecule has 0 unspecified atom stereocenters. The van der Waals surface area contributed by atoms with Gasteiger partial charge in [-0.3, -0.25) is 4.40 Å². The molecule has 0 aromatic carbocycles. The highest BCUT2D eigenvalue weighted by atomic mass is 16.5. The van der Waals surface area contributed by atoms with E-state index in [1.807, 2.05) is 25.3 Å². The fourth-order valence-corrected chi connectivity index (χ4v) is 2.58. The molecule has 0 bridgehead atoms. The highest BCUT2D eigenvalue weighted by Crippen LogP contribution is 2.28. The first-order chi connectivity index (χ1) is 10.2. The normalized spacial score (nSPS) is 15.0. The van der Waals surface area contributed by atoms with Crippen LogP contribution in [-0.2, 0) is 4.74 Å². The van der Waals surface area contributed by atoms with Crippen molar-refractivity contribution < 1.29 is 14.3 Å². The number of imidazole rings is 1. The van der Waals surface area contributed by atoms with Crippen molar-refractivity contribution in [1.82, 2.24) is 9.38 Å². The molecule has 0 saturated heterocycles. The fraction of sp³-hybridized carbons (Fsp3) is 0.500. The summed E-state index contributed by atoms with van der Waals surface area (Å²) in [7, 11) is 0. The highest BCUT2D eigenvalue weighted by molar-refractivity contribution is 5.90. The van der Waals surface area contributed by atoms with Gasteiger partial charge in [0.05, 0.1) is 18.9 Å². The molecule has 1 saturated carbocycles. The Bertz CT molecular complexity index is 659. The molecule has 2 heterocycles. The third kappa shape index (κ3) is 2.60. The Labute approximate surface area is 123 Å². The number of nitrogens with zero attached hydrogens (tertiary/aromatic N) is 2. The summed E-state index contributed by atoms with van der Waals surface area (Å²) >= 11 is 0. The van der Waals surface area contributed by atoms with Gasteiger partial charge in [0.25, 0.3) is 0 Å². The summed E-state index contributed by atoms with van der Waals surface area (Å²) in [4.78, 5) is 16.5. The summed E-state index contributed by atoms with van der Waals surface area (Å²) in [5, 5.41) is 0. The van der Waals surface area contributed by atoms with Gasteiger partial charge in [-0.1, -0.05) is 6.42 Å². The average Bonchev–Trinajstić information content (AvgIpc) is 2.74. The molecule has 1 aliphatic carbocycles. The van der Waals surface area contributed by atoms with Gasteiger partial charge in [0.15, 0.2) is 17.1 Å². The monoisotopic (exact) mass is 288 g/mol. The van der Waals surface area contributed by atoms with Gasteiger partial charge < -0.3 is 9.47 Å². The third-order valence-corrected chi connectivity index (χ3v) is 3.96. The SMILES string of the molecule is CCOC(=O)c1c(C)nc2c(OCC3CCC3)cccn12. The number of hydrogen-bond donors (Lipinski definition) is 0. The van der Waals surface area contributed by atoms with E-state index in [1.165, 1.54) is 19.3 Å². The standard InChI is InChI=1S/C16H20N2O3/c1-3-20-16(19)14-11(2)17-15-13(8-5-9-18(14)15)21-10-12-6-4-7-12/h5,8-9,12H,3-4,6-7,10H2,1-2H3. The molecule has 0 aliphatic heterocycles. The van der Waals surface area contributed by atoms with Crippen molar-refractivity contribution in [2.75, 3.05) is 13.2 Å². The van der Waals surface area contributed by atoms with E-state index in [1.54, 1.807) is 11.3 Å². The minimum absolute atomic E-state index is 0.348. The largest absolute Gasteiger partial charge is 0.489 e. The van der Waals surface area contributed by atoms with E-state index in [4.69, 9.17) is 9.47 Å². The molecule has 5 nitrogen and oxygen atoms in total. The van der Waals surface area contributed by atoms with Gasteiger partial charge in [0.2, 0.25) is 0 Å². The molecule has 2 aromatic heterocycles. The summed E-state index contributed by atoms with van der Waals surface area (Å²) in [6.07, 6.45) is 5.60. The number of hydrogen-bond acceptors (Lipinski definition) is 4. The second-order valence-corrected chi connectivity index (χ2v) is 5.44. The van der Waals surface area contributed by atoms with E-state index >= 15 is 0 Å². The Kier molecular flexibility index (Phi) is 3.82. The second kappa shape index (κ2) is 5.76. The maximum atomic E-state index is 12.0. The van der Waals surface area contributed by atoms with Crippen LogP contribution in [0.2, 0.25) is 0 Å². The molecule has 5 heteroatoms. The molecule has 1 aliphatic rings. The summed E-state index contributed by atoms with van der Waals surface area (Å²) in [5.74, 6) is 1.03. The molecule has 0 amide bonds. The Balaban J connectivity index is 1.92. The van der Waals surface area contributed by atoms with Crippen LogP contribution in [-0.4, -0.2) is 28.6 Å². The maximum Gasteiger partial charge on any atom is 0.357 e. The predicted molar refractivity (Wildman–Crippen MR) is 78.7 cm³/mol. The molecule has 1 fully saturated rings. The molecule has 3 rings (SSSR count). The average molecular weight is 288 g/mol. The summed E-state index contributed by atoms with van der Waals surface area (Å²) < 4.78 is 12.7. The molecule has 0 atom stereocenters. The molecule has 0 radical (unpaired) electrons. The van der Waals surface area contributed by atoms with Crippen molar-refractivity contribution in [3.63, 3.8) is 0 Å². The Morgan fingerprint density at radius 2 is 2.29 bits per heavy atom. The van der Waals surface area contributed by atoms with Crippen molar-refractivity contribution in [2.24, 2.45) is 5.92 Å². The van der Waals surface area contributed by atoms with Crippen LogP contribution in [0.5, 0.6) is 5.75 Å². The van der Waals surface area contributed by atoms with E-state index < -0.39 is 0 Å². The predicted octanol–water partition coefficient (Wildman–Crippen LogP) is 3.00. The molecule has 0 spiro atoms. The van der Waals surface area contributed by atoms with Crippen molar-refractivity contribution in [1.29, 1.82) is 0 Å². The Morgan fingerprint density at radius 1 is 1.48 bits per heavy atom. The summed E-state index contributed by atoms with van der Waals surface area (Å²) in [6.45, 7) is 4.68. The molecule has 112 valence electrons. The minimum atomic E-state index is -0.348. The van der Waals surface area contributed by atoms with Gasteiger partial charge in [-0.15, -0.1) is 0 Å². The lowest BCUT2D eigenvalue weighted by Gasteiger charge is -2.25. The lowest BCUT2D eigenvalue weighted by molar-refractivity contribution is 0.0517. The van der Waals surface area contributed by atoms with Gasteiger partial charge in [0, 0.05) is 6.20 Å². The Hall–Kier alpha value is -2.04. The first-order valence-electron chi connectivity index (χ1n) is 7.48. The van der Waals surface area contributed by atoms with Crippen molar-refractivity contribution in [2.45, 2.75) is 33.1 Å². The number of fused-ring (bicyclic) bond motifs is 1. The number of esters is 1. The van der Waals surface area contributed by atoms with Crippen molar-refractivity contribution >= 4 is 11.6 Å². The quantitative estimate of drug-likeness (QED) is 0.794. The lowest BCUT2D eigenvalue weighted by atomic mass is 9.86. The zero-order chi connectivity index (χ0) is 14.8. The van der Waals surface area contributed by atoms with E-state index in [9.17, 15) is 4.79 Å². The maximum absolute atomic E-state index is 12.0. The topological polar surface area (TPSA) is 52.8 Å². The van der Waals surface area contributed by atoms with Crippen LogP contribution < -0.4 is 4.74 Å². The minimum Gasteiger partial charge on any atom is -0.489 e. The van der Waals surface area contributed by atoms with Gasteiger partial charge in [0.1, 0.15) is 0 Å². The van der Waals surface area contributed by atoms with Crippen LogP contribution in [0.1, 0.15) is 42.4 Å². The van der Waals surface area contributed by atoms with Crippen LogP contribution in [0.25, 0.3) is 5.65 Å². The zero-order valence-electron chi connectivity index (χ0n) is 12.5. The summed E-state index contributed by atoms with van der Waals surface area (Å²) in [6, 6.07) is 3.77. The van der Waals surface area contributed by atoms with Crippen LogP contribution in [0, 0.1) is 12.8 Å². The number of ether oxygens (including phenoxy) is 2. The number of aryl methyl sites for hydroxylation is 1. The van der Waals surface area contributed by atoms with Crippen LogP contribution in [0.15, 0.2) is 18.3 Å². The number of pyridine rings is 1. The van der Waals surface area contributed by atoms with Gasteiger partial charge in [-0.2, -0.15) is 0 Å². The molecule has 0 N–H and O–H groups in total. The number of carbonyl (C=O) groups is 1. The van der Waals surface area contributed by atoms with Gasteiger partial charge in [-0.05, 0) is 44.7 Å². The smallest absolute Gasteiger partial charge is 0.357 e. The molecule has 2 aromatic rings. The van der Waals surface area contributed by atoms with E-state index in [0.717, 1.165) is 12.4 Å². The first-order valence-corrected chi connectivity index (χ1v) is 7.48. The zero-order valence-corrected chi connectivity index (χ0v) is 12.5. The Morgan fingerprint density at radius 3 is 2.95 bits per heavy atom. The second-order valence-electron chi connectivity index (χ2n) is 5.44. The summed E-state index contributed by atoms with van der Waals surface area (Å²) in [5.41, 5.74) is 1.81. The number of rotatable bonds is 5. The van der Waals surface area contributed by atoms with Gasteiger partial charge >= 0.3 is 5.97 Å². The van der Waals surface area contributed by atoms with Crippen LogP contribution in [0.4, 0.5) is 0 Å². The lowest BCUT2D eigenvalue weighted by Crippen LogP contribution is -2.19. The molecular formula is C16H20N2O3. The van der Waals surface area contributed by atoms with E-state index in [-0.39, 0.29) is 5.97 Å². The van der Waals surface area contributed by atoms with Crippen LogP contribution >= 0.6 is 0 Å². The number of carbonyl (C=O) groups excluding carboxylic acids is 1. The van der Waals surface area contributed by atoms with Crippen molar-refractivity contribution in [3.05, 3.63) is 29.7 Å². The van der Waals surface area contributed by atoms with E-state index in [2.05, 4.69) is 4.98 Å². The van der Waals surface area contributed by atoms with Crippen molar-refractivity contribution in [3.8, 4) is 5.75 Å². The third-order valence-electron chi connectivity index (χ3n) is 3.96. The fourth-order valence-electron chi connectivity index (χ4n) is 2.58. The van der Waals surface area contributed by atoms with E-state index in [0.29, 0.717) is 29.6 Å².